The van der Waals surface area contributed by atoms with Crippen LogP contribution in [0.4, 0.5) is 36.7 Å². The zero-order valence-electron chi connectivity index (χ0n) is 39.6. The number of aromatic nitrogens is 5. The summed E-state index contributed by atoms with van der Waals surface area (Å²) in [5, 5.41) is 30.0. The first-order chi connectivity index (χ1) is 34.2. The monoisotopic (exact) mass is 1100 g/mol. The van der Waals surface area contributed by atoms with Crippen molar-refractivity contribution in [3.63, 3.8) is 0 Å². The van der Waals surface area contributed by atoms with Crippen molar-refractivity contribution in [2.45, 2.75) is 37.8 Å². The van der Waals surface area contributed by atoms with Crippen LogP contribution in [0.2, 0.25) is 0 Å². The number of urea groups is 1. The van der Waals surface area contributed by atoms with Crippen LogP contribution in [0.3, 0.4) is 0 Å². The molecule has 5 aromatic rings. The van der Waals surface area contributed by atoms with E-state index in [2.05, 4.69) is 58.0 Å². The van der Waals surface area contributed by atoms with Crippen molar-refractivity contribution in [1.82, 2.24) is 44.6 Å². The third-order valence-electron chi connectivity index (χ3n) is 10.2. The fourth-order valence-electron chi connectivity index (χ4n) is 6.51. The molecule has 0 bridgehead atoms. The summed E-state index contributed by atoms with van der Waals surface area (Å²) < 4.78 is 58.6. The van der Waals surface area contributed by atoms with E-state index in [1.165, 1.54) is 5.56 Å². The number of pyridine rings is 1. The molecule has 398 valence electrons. The van der Waals surface area contributed by atoms with Crippen molar-refractivity contribution in [2.24, 2.45) is 5.29 Å². The molecule has 73 heavy (non-hydrogen) atoms. The molecule has 7 rings (SSSR count). The third-order valence-corrected chi connectivity index (χ3v) is 10.6. The molecule has 2 saturated heterocycles. The molecule has 8 N–H and O–H groups in total. The average Bonchev–Trinajstić information content (AvgIpc) is 3.58. The molecular formula is C44H56Cl3F2N13O10S. The average molecular weight is 1100 g/mol. The molecule has 2 aliphatic rings. The largest absolute Gasteiger partial charge is 0.394 e. The van der Waals surface area contributed by atoms with E-state index in [1.54, 1.807) is 18.6 Å². The van der Waals surface area contributed by atoms with Crippen LogP contribution in [-0.4, -0.2) is 164 Å². The summed E-state index contributed by atoms with van der Waals surface area (Å²) in [7, 11) is -1.51. The second-order valence-corrected chi connectivity index (χ2v) is 18.0. The molecule has 0 saturated carbocycles. The van der Waals surface area contributed by atoms with Crippen molar-refractivity contribution in [3.8, 4) is 11.3 Å². The Morgan fingerprint density at radius 1 is 1.03 bits per heavy atom. The molecule has 23 nitrogen and oxygen atoms in total. The predicted octanol–water partition coefficient (Wildman–Crippen LogP) is 4.38. The van der Waals surface area contributed by atoms with E-state index in [4.69, 9.17) is 43.3 Å². The number of likely N-dealkylation sites (N-methyl/N-ethyl adjacent to an activating group) is 1. The minimum absolute atomic E-state index is 0. The maximum Gasteiger partial charge on any atom is 0.351 e. The highest BCUT2D eigenvalue weighted by atomic mass is 35.5. The number of benzene rings is 2. The van der Waals surface area contributed by atoms with Crippen LogP contribution in [0.1, 0.15) is 27.7 Å². The Labute approximate surface area is 435 Å². The van der Waals surface area contributed by atoms with E-state index in [-0.39, 0.29) is 36.6 Å². The number of nitrogens with zero attached hydrogens (tertiary/aromatic N) is 9. The van der Waals surface area contributed by atoms with Gasteiger partial charge in [0.2, 0.25) is 12.2 Å². The SMILES string of the molecule is CS(=O)(=O)O.Cc1ccc(NC(=O)c2ccc(CN3CCN(C)CC3)cc2)cc1Nc1nccc(-c2cccnc2)n1.Cl.Nc1ccn([C@@H]2O[C@H](CO)[C@@H](O)C2(F)F)c(=O)n1.O=NN(CCCl)C(=O)NCCCl. The lowest BCUT2D eigenvalue weighted by Crippen LogP contribution is -2.43. The van der Waals surface area contributed by atoms with E-state index in [0.717, 1.165) is 67.5 Å². The lowest BCUT2D eigenvalue weighted by atomic mass is 10.1. The van der Waals surface area contributed by atoms with Gasteiger partial charge in [-0.25, -0.2) is 19.6 Å². The molecular weight excluding hydrogens is 1050 g/mol. The van der Waals surface area contributed by atoms with Gasteiger partial charge in [-0.1, -0.05) is 18.2 Å². The number of piperazine rings is 1. The van der Waals surface area contributed by atoms with Crippen molar-refractivity contribution >= 4 is 80.8 Å². The first-order valence-corrected chi connectivity index (χ1v) is 24.6. The van der Waals surface area contributed by atoms with Gasteiger partial charge in [0.05, 0.1) is 30.4 Å². The summed E-state index contributed by atoms with van der Waals surface area (Å²) in [6.45, 7) is 6.84. The van der Waals surface area contributed by atoms with Gasteiger partial charge in [-0.05, 0) is 73.6 Å². The topological polar surface area (TPSA) is 313 Å². The van der Waals surface area contributed by atoms with E-state index >= 15 is 0 Å². The number of alkyl halides is 4. The quantitative estimate of drug-likeness (QED) is 0.0351. The number of carbonyl (C=O) groups excluding carboxylic acids is 2. The molecule has 2 aromatic carbocycles. The van der Waals surface area contributed by atoms with Gasteiger partial charge in [0, 0.05) is 98.3 Å². The van der Waals surface area contributed by atoms with Gasteiger partial charge in [-0.2, -0.15) is 27.2 Å². The molecule has 3 atom stereocenters. The fourth-order valence-corrected chi connectivity index (χ4v) is 6.76. The number of hydrogen-bond acceptors (Lipinski definition) is 18. The summed E-state index contributed by atoms with van der Waals surface area (Å²) >= 11 is 10.6. The van der Waals surface area contributed by atoms with E-state index in [1.807, 2.05) is 67.6 Å². The molecule has 3 amide bonds. The maximum atomic E-state index is 13.7. The van der Waals surface area contributed by atoms with Gasteiger partial charge in [0.1, 0.15) is 11.9 Å². The Hall–Kier alpha value is -6.07. The first-order valence-electron chi connectivity index (χ1n) is 21.7. The number of anilines is 4. The van der Waals surface area contributed by atoms with Crippen molar-refractivity contribution < 1.29 is 46.3 Å². The molecule has 0 unspecified atom stereocenters. The van der Waals surface area contributed by atoms with Crippen LogP contribution in [0.15, 0.2) is 102 Å². The minimum Gasteiger partial charge on any atom is -0.394 e. The number of halogens is 5. The van der Waals surface area contributed by atoms with E-state index < -0.39 is 52.8 Å². The maximum absolute atomic E-state index is 13.7. The number of nitrogens with one attached hydrogen (secondary N) is 3. The molecule has 2 fully saturated rings. The van der Waals surface area contributed by atoms with E-state index in [9.17, 15) is 41.6 Å². The summed E-state index contributed by atoms with van der Waals surface area (Å²) in [6.07, 6.45) is 1.24. The normalized spacial score (nSPS) is 17.1. The molecule has 5 heterocycles. The molecule has 29 heteroatoms. The van der Waals surface area contributed by atoms with Gasteiger partial charge in [-0.15, -0.1) is 40.5 Å². The Balaban J connectivity index is 0.000000323. The van der Waals surface area contributed by atoms with Crippen molar-refractivity contribution in [3.05, 3.63) is 124 Å². The summed E-state index contributed by atoms with van der Waals surface area (Å²) in [5.74, 6) is -3.04. The Kier molecular flexibility index (Phi) is 24.8. The molecule has 3 aromatic heterocycles. The van der Waals surface area contributed by atoms with E-state index in [0.29, 0.717) is 45.5 Å². The number of nitroso groups, excluding NO2 is 1. The number of amides is 3. The van der Waals surface area contributed by atoms with Crippen LogP contribution in [0.5, 0.6) is 0 Å². The van der Waals surface area contributed by atoms with Gasteiger partial charge in [0.25, 0.3) is 16.0 Å². The van der Waals surface area contributed by atoms with Crippen LogP contribution in [-0.2, 0) is 21.4 Å². The molecule has 0 radical (unpaired) electrons. The fraction of sp³-hybridized carbons (Fsp3) is 0.386. The van der Waals surface area contributed by atoms with Crippen LogP contribution in [0, 0.1) is 11.8 Å². The number of aliphatic hydroxyl groups excluding tert-OH is 2. The smallest absolute Gasteiger partial charge is 0.351 e. The number of ether oxygens (including phenoxy) is 1. The lowest BCUT2D eigenvalue weighted by molar-refractivity contribution is -0.140. The summed E-state index contributed by atoms with van der Waals surface area (Å²) in [6, 6.07) is 19.9. The first kappa shape index (κ1) is 61.2. The summed E-state index contributed by atoms with van der Waals surface area (Å²) in [4.78, 5) is 66.5. The molecule has 0 aliphatic carbocycles. The number of hydrogen-bond donors (Lipinski definition) is 7. The second-order valence-electron chi connectivity index (χ2n) is 15.8. The van der Waals surface area contributed by atoms with Crippen LogP contribution >= 0.6 is 35.6 Å². The van der Waals surface area contributed by atoms with Crippen molar-refractivity contribution in [2.75, 3.05) is 87.3 Å². The number of carbonyl (C=O) groups is 2. The van der Waals surface area contributed by atoms with Gasteiger partial charge in [-0.3, -0.25) is 23.8 Å². The Bertz CT molecular complexity index is 2710. The zero-order chi connectivity index (χ0) is 53.0. The standard InChI is InChI=1S/C29H31N7O.C9H11F2N3O4.C5H9Cl2N3O2.CH4O3S.ClH/c1-21-5-10-25(18-27(21)34-29-31-13-11-26(33-29)24-4-3-12-30-19-24)32-28(37)23-8-6-22(7-9-23)20-36-16-14-35(2)15-17-36;10-9(11)6(16)4(3-15)18-7(9)14-2-1-5(12)13-8(14)17;6-1-3-8-5(11)10(9-12)4-2-7;1-5(2,3)4;/h3-13,18-19H,14-17,20H2,1-2H3,(H,32,37)(H,31,33,34);1-2,4,6-7,15-16H,3H2,(H2,12,13,17);1-4H2,(H,8,11);1H3,(H,2,3,4);1H/t;4-,6-,7-;;;/m.1.../s1. The number of aliphatic hydroxyl groups is 2. The van der Waals surface area contributed by atoms with Gasteiger partial charge >= 0.3 is 17.6 Å². The number of aryl methyl sites for hydroxylation is 1. The number of nitrogens with two attached hydrogens (primary N) is 1. The Morgan fingerprint density at radius 2 is 1.71 bits per heavy atom. The predicted molar refractivity (Wildman–Crippen MR) is 274 cm³/mol. The Morgan fingerprint density at radius 3 is 2.29 bits per heavy atom. The number of rotatable bonds is 14. The lowest BCUT2D eigenvalue weighted by Gasteiger charge is -2.32. The van der Waals surface area contributed by atoms with Crippen molar-refractivity contribution in [1.29, 1.82) is 0 Å². The highest BCUT2D eigenvalue weighted by Crippen LogP contribution is 2.42. The van der Waals surface area contributed by atoms with Crippen LogP contribution < -0.4 is 27.4 Å². The van der Waals surface area contributed by atoms with Gasteiger partial charge in [0.15, 0.2) is 6.10 Å². The minimum atomic E-state index is -3.71. The second kappa shape index (κ2) is 29.6. The number of nitrogen functional groups attached to an aromatic ring is 1. The highest BCUT2D eigenvalue weighted by Gasteiger charge is 2.59. The van der Waals surface area contributed by atoms with Gasteiger partial charge < -0.3 is 41.5 Å². The molecule has 0 spiro atoms. The highest BCUT2D eigenvalue weighted by molar-refractivity contribution is 7.85. The van der Waals surface area contributed by atoms with Crippen LogP contribution in [0.25, 0.3) is 11.3 Å². The summed E-state index contributed by atoms with van der Waals surface area (Å²) in [5.41, 5.74) is 10.3. The molecule has 2 aliphatic heterocycles. The third kappa shape index (κ3) is 19.7. The zero-order valence-corrected chi connectivity index (χ0v) is 42.7.